The highest BCUT2D eigenvalue weighted by atomic mass is 127. The molecule has 2 unspecified atom stereocenters. The van der Waals surface area contributed by atoms with E-state index in [1.165, 1.54) is 11.9 Å². The predicted molar refractivity (Wildman–Crippen MR) is 150 cm³/mol. The molecular formula is C20H28I3N3O8. The van der Waals surface area contributed by atoms with E-state index in [1.54, 1.807) is 6.92 Å². The molecule has 34 heavy (non-hydrogen) atoms. The van der Waals surface area contributed by atoms with Crippen molar-refractivity contribution >= 4 is 91.2 Å². The van der Waals surface area contributed by atoms with Crippen LogP contribution in [0.25, 0.3) is 0 Å². The predicted octanol–water partition coefficient (Wildman–Crippen LogP) is -0.256. The van der Waals surface area contributed by atoms with Crippen molar-refractivity contribution in [3.8, 4) is 0 Å². The maximum Gasteiger partial charge on any atom is 0.255 e. The third-order valence-corrected chi connectivity index (χ3v) is 7.96. The Morgan fingerprint density at radius 2 is 1.56 bits per heavy atom. The fourth-order valence-corrected chi connectivity index (χ4v) is 7.61. The summed E-state index contributed by atoms with van der Waals surface area (Å²) in [6.07, 6.45) is -1.52. The van der Waals surface area contributed by atoms with Gasteiger partial charge in [0.2, 0.25) is 0 Å². The summed E-state index contributed by atoms with van der Waals surface area (Å²) >= 11 is 5.60. The van der Waals surface area contributed by atoms with Gasteiger partial charge in [-0.2, -0.15) is 0 Å². The molecule has 0 aromatic heterocycles. The highest BCUT2D eigenvalue weighted by Crippen LogP contribution is 2.38. The molecule has 0 radical (unpaired) electrons. The number of rotatable bonds is 12. The van der Waals surface area contributed by atoms with Crippen molar-refractivity contribution in [1.29, 1.82) is 0 Å². The Morgan fingerprint density at radius 1 is 0.971 bits per heavy atom. The lowest BCUT2D eigenvalue weighted by Crippen LogP contribution is -2.40. The smallest absolute Gasteiger partial charge is 0.255 e. The number of aliphatic hydroxyl groups is 5. The molecule has 192 valence electrons. The fraction of sp³-hybridized carbons (Fsp3) is 0.550. The summed E-state index contributed by atoms with van der Waals surface area (Å²) in [4.78, 5) is 41.3. The summed E-state index contributed by atoms with van der Waals surface area (Å²) < 4.78 is 0.913. The van der Waals surface area contributed by atoms with Crippen LogP contribution in [0.4, 0.5) is 5.69 Å². The minimum absolute atomic E-state index is 0.0232. The molecular weight excluding hydrogens is 791 g/mol. The normalized spacial score (nSPS) is 12.8. The summed E-state index contributed by atoms with van der Waals surface area (Å²) in [5.74, 6) is -1.88. The van der Waals surface area contributed by atoms with Gasteiger partial charge in [0.05, 0.1) is 49.4 Å². The second kappa shape index (κ2) is 15.0. The van der Waals surface area contributed by atoms with Crippen molar-refractivity contribution in [2.24, 2.45) is 0 Å². The molecule has 0 fully saturated rings. The molecule has 0 aliphatic heterocycles. The largest absolute Gasteiger partial charge is 0.395 e. The Bertz CT molecular complexity index is 903. The van der Waals surface area contributed by atoms with E-state index in [-0.39, 0.29) is 40.0 Å². The van der Waals surface area contributed by atoms with Crippen LogP contribution in [0.5, 0.6) is 0 Å². The second-order valence-electron chi connectivity index (χ2n) is 7.26. The number of amides is 3. The third kappa shape index (κ3) is 7.81. The molecule has 1 rings (SSSR count). The molecule has 0 spiro atoms. The van der Waals surface area contributed by atoms with Crippen molar-refractivity contribution in [1.82, 2.24) is 10.2 Å². The van der Waals surface area contributed by atoms with E-state index in [2.05, 4.69) is 5.32 Å². The number of likely N-dealkylation sites (N-methyl/N-ethyl adjacent to an activating group) is 1. The van der Waals surface area contributed by atoms with Crippen molar-refractivity contribution in [2.45, 2.75) is 25.6 Å². The Hall–Kier alpha value is -0.380. The quantitative estimate of drug-likeness (QED) is 0.157. The molecule has 3 amide bonds. The Morgan fingerprint density at radius 3 is 2.06 bits per heavy atom. The van der Waals surface area contributed by atoms with Crippen LogP contribution in [0.2, 0.25) is 0 Å². The van der Waals surface area contributed by atoms with Gasteiger partial charge in [0.1, 0.15) is 6.61 Å². The summed E-state index contributed by atoms with van der Waals surface area (Å²) in [6.45, 7) is -0.462. The van der Waals surface area contributed by atoms with E-state index >= 15 is 0 Å². The third-order valence-electron chi connectivity index (χ3n) is 4.78. The molecule has 11 nitrogen and oxygen atoms in total. The Labute approximate surface area is 238 Å². The van der Waals surface area contributed by atoms with Gasteiger partial charge in [0.15, 0.2) is 0 Å². The van der Waals surface area contributed by atoms with Crippen LogP contribution in [-0.2, 0) is 4.79 Å². The van der Waals surface area contributed by atoms with Crippen LogP contribution in [-0.4, -0.2) is 107 Å². The number of nitrogens with zero attached hydrogens (tertiary/aromatic N) is 2. The summed E-state index contributed by atoms with van der Waals surface area (Å²) in [5.41, 5.74) is 0.350. The van der Waals surface area contributed by atoms with Crippen molar-refractivity contribution in [2.75, 3.05) is 51.4 Å². The lowest BCUT2D eigenvalue weighted by atomic mass is 10.1. The fourth-order valence-electron chi connectivity index (χ4n) is 2.91. The molecule has 1 aromatic carbocycles. The van der Waals surface area contributed by atoms with Gasteiger partial charge in [-0.25, -0.2) is 0 Å². The minimum Gasteiger partial charge on any atom is -0.395 e. The van der Waals surface area contributed by atoms with Crippen LogP contribution in [0.15, 0.2) is 0 Å². The first-order valence-corrected chi connectivity index (χ1v) is 13.4. The van der Waals surface area contributed by atoms with E-state index in [1.807, 2.05) is 67.8 Å². The van der Waals surface area contributed by atoms with Crippen molar-refractivity contribution in [3.63, 3.8) is 0 Å². The lowest BCUT2D eigenvalue weighted by Gasteiger charge is -2.28. The number of hydrogen-bond donors (Lipinski definition) is 6. The number of anilines is 1. The molecule has 2 atom stereocenters. The van der Waals surface area contributed by atoms with E-state index in [0.29, 0.717) is 13.6 Å². The zero-order valence-corrected chi connectivity index (χ0v) is 25.1. The number of hydrogen-bond acceptors (Lipinski definition) is 8. The first-order valence-electron chi connectivity index (χ1n) is 10.2. The van der Waals surface area contributed by atoms with Gasteiger partial charge < -0.3 is 40.6 Å². The maximum absolute atomic E-state index is 13.4. The molecule has 0 bridgehead atoms. The summed E-state index contributed by atoms with van der Waals surface area (Å²) in [6, 6.07) is 0. The van der Waals surface area contributed by atoms with Gasteiger partial charge in [0.25, 0.3) is 17.7 Å². The van der Waals surface area contributed by atoms with Crippen molar-refractivity contribution < 1.29 is 39.9 Å². The first-order chi connectivity index (χ1) is 16.0. The summed E-state index contributed by atoms with van der Waals surface area (Å²) in [5, 5.41) is 50.3. The van der Waals surface area contributed by atoms with Gasteiger partial charge in [-0.05, 0) is 74.2 Å². The van der Waals surface area contributed by atoms with Crippen LogP contribution >= 0.6 is 67.8 Å². The number of carbonyl (C=O) groups is 3. The number of nitrogens with one attached hydrogen (secondary N) is 1. The molecule has 0 saturated carbocycles. The van der Waals surface area contributed by atoms with Crippen LogP contribution in [0.3, 0.4) is 0 Å². The average Bonchev–Trinajstić information content (AvgIpc) is 2.80. The van der Waals surface area contributed by atoms with Gasteiger partial charge >= 0.3 is 0 Å². The zero-order chi connectivity index (χ0) is 26.2. The number of halogens is 3. The van der Waals surface area contributed by atoms with Gasteiger partial charge in [-0.15, -0.1) is 0 Å². The first kappa shape index (κ1) is 31.6. The van der Waals surface area contributed by atoms with Crippen LogP contribution in [0, 0.1) is 10.7 Å². The number of carbonyl (C=O) groups excluding carboxylic acids is 3. The van der Waals surface area contributed by atoms with Crippen LogP contribution in [0.1, 0.15) is 34.1 Å². The summed E-state index contributed by atoms with van der Waals surface area (Å²) in [7, 11) is 1.42. The van der Waals surface area contributed by atoms with E-state index < -0.39 is 49.8 Å². The second-order valence-corrected chi connectivity index (χ2v) is 10.5. The molecule has 0 aliphatic carbocycles. The maximum atomic E-state index is 13.4. The lowest BCUT2D eigenvalue weighted by molar-refractivity contribution is -0.121. The van der Waals surface area contributed by atoms with Gasteiger partial charge in [-0.1, -0.05) is 6.92 Å². The Balaban J connectivity index is 3.80. The van der Waals surface area contributed by atoms with Gasteiger partial charge in [0, 0.05) is 30.3 Å². The number of benzene rings is 1. The van der Waals surface area contributed by atoms with Crippen molar-refractivity contribution in [3.05, 3.63) is 21.8 Å². The highest BCUT2D eigenvalue weighted by Gasteiger charge is 2.33. The molecule has 0 aliphatic rings. The molecule has 0 saturated heterocycles. The van der Waals surface area contributed by atoms with Crippen LogP contribution < -0.4 is 10.2 Å². The topological polar surface area (TPSA) is 171 Å². The zero-order valence-electron chi connectivity index (χ0n) is 18.6. The van der Waals surface area contributed by atoms with Gasteiger partial charge in [-0.3, -0.25) is 14.4 Å². The SMILES string of the molecule is CCC(O)CNC(=O)c1c(I)c(C(=O)N(C)CC(O)CO)c(I)c(N(CCO)C(=O)CO)c1I. The molecule has 14 heteroatoms. The monoisotopic (exact) mass is 819 g/mol. The number of aliphatic hydroxyl groups excluding tert-OH is 5. The Kier molecular flexibility index (Phi) is 14.0. The standard InChI is InChI=1S/C20H28I3N3O8/c1-3-10(30)6-24-19(33)13-15(21)14(20(34)25(2)7-11(31)8-28)17(23)18(16(13)22)26(4-5-27)12(32)9-29/h10-11,27-31H,3-9H2,1-2H3,(H,24,33). The minimum atomic E-state index is -1.17. The van der Waals surface area contributed by atoms with E-state index in [4.69, 9.17) is 5.11 Å². The molecule has 6 N–H and O–H groups in total. The van der Waals surface area contributed by atoms with E-state index in [0.717, 1.165) is 4.90 Å². The van der Waals surface area contributed by atoms with E-state index in [9.17, 15) is 34.8 Å². The molecule has 1 aromatic rings. The average molecular weight is 819 g/mol. The molecule has 0 heterocycles. The highest BCUT2D eigenvalue weighted by molar-refractivity contribution is 14.1.